The average Bonchev–Trinajstić information content (AvgIpc) is 3.31. The maximum absolute atomic E-state index is 13.0. The summed E-state index contributed by atoms with van der Waals surface area (Å²) in [4.78, 5) is 25.8. The molecule has 244 valence electrons. The van der Waals surface area contributed by atoms with Crippen molar-refractivity contribution in [2.75, 3.05) is 20.1 Å². The molecule has 6 aliphatic rings. The first kappa shape index (κ1) is 31.6. The van der Waals surface area contributed by atoms with Crippen molar-refractivity contribution >= 4 is 12.1 Å². The second kappa shape index (κ2) is 10.1. The fourth-order valence-corrected chi connectivity index (χ4v) is 12.7. The second-order valence-corrected chi connectivity index (χ2v) is 17.3. The van der Waals surface area contributed by atoms with E-state index in [0.29, 0.717) is 29.1 Å². The number of amides is 1. The number of fused-ring (bicyclic) bond motifs is 2. The fraction of sp³-hybridized carbons (Fsp3) is 0.943. The summed E-state index contributed by atoms with van der Waals surface area (Å²) in [6.07, 6.45) is 10.8. The summed E-state index contributed by atoms with van der Waals surface area (Å²) in [5.74, 6) is 1.13. The van der Waals surface area contributed by atoms with Crippen LogP contribution in [-0.2, 0) is 9.53 Å². The van der Waals surface area contributed by atoms with E-state index in [4.69, 9.17) is 4.74 Å². The molecule has 6 rings (SSSR count). The lowest BCUT2D eigenvalue weighted by atomic mass is 9.46. The Labute approximate surface area is 258 Å². The van der Waals surface area contributed by atoms with Crippen molar-refractivity contribution in [1.82, 2.24) is 10.2 Å². The van der Waals surface area contributed by atoms with E-state index in [2.05, 4.69) is 33.0 Å². The third-order valence-corrected chi connectivity index (χ3v) is 14.9. The van der Waals surface area contributed by atoms with Crippen molar-refractivity contribution in [3.8, 4) is 0 Å². The van der Waals surface area contributed by atoms with Crippen LogP contribution in [0.1, 0.15) is 112 Å². The van der Waals surface area contributed by atoms with Gasteiger partial charge in [0.2, 0.25) is 0 Å². The summed E-state index contributed by atoms with van der Waals surface area (Å²) in [5, 5.41) is 34.9. The van der Waals surface area contributed by atoms with E-state index in [0.717, 1.165) is 57.8 Å². The molecule has 5 saturated carbocycles. The van der Waals surface area contributed by atoms with Gasteiger partial charge < -0.3 is 25.0 Å². The summed E-state index contributed by atoms with van der Waals surface area (Å²) < 4.78 is 6.17. The number of rotatable bonds is 8. The molecular formula is C35H58N2O6. The Morgan fingerprint density at radius 2 is 1.70 bits per heavy atom. The lowest BCUT2D eigenvalue weighted by molar-refractivity contribution is -0.150. The smallest absolute Gasteiger partial charge is 0.410 e. The van der Waals surface area contributed by atoms with Crippen LogP contribution in [0.4, 0.5) is 4.79 Å². The van der Waals surface area contributed by atoms with E-state index >= 15 is 0 Å². The SMILES string of the molecule is CNC1(O)CC2C3CCC4C(C)(C)C(OC(=O)N5CC(C(=O)O)C5)CCC45C(C)C35CCC2(C)C1CCCCC(C)(C)O. The first-order valence-electron chi connectivity index (χ1n) is 17.3. The number of nitrogens with one attached hydrogen (secondary N) is 1. The number of likely N-dealkylation sites (tertiary alicyclic amines) is 1. The zero-order valence-corrected chi connectivity index (χ0v) is 27.7. The molecule has 1 heterocycles. The van der Waals surface area contributed by atoms with Crippen LogP contribution in [0.3, 0.4) is 0 Å². The molecule has 10 unspecified atom stereocenters. The molecule has 0 aromatic heterocycles. The quantitative estimate of drug-likeness (QED) is 0.209. The number of hydrogen-bond acceptors (Lipinski definition) is 6. The molecular weight excluding hydrogens is 544 g/mol. The van der Waals surface area contributed by atoms with E-state index in [-0.39, 0.29) is 47.4 Å². The minimum Gasteiger partial charge on any atom is -0.481 e. The summed E-state index contributed by atoms with van der Waals surface area (Å²) in [7, 11) is 1.94. The van der Waals surface area contributed by atoms with Crippen LogP contribution < -0.4 is 5.32 Å². The Morgan fingerprint density at radius 3 is 2.33 bits per heavy atom. The normalized spacial score (nSPS) is 46.6. The van der Waals surface area contributed by atoms with Gasteiger partial charge in [-0.3, -0.25) is 10.1 Å². The van der Waals surface area contributed by atoms with Crippen LogP contribution in [0.25, 0.3) is 0 Å². The average molecular weight is 603 g/mol. The molecule has 0 radical (unpaired) electrons. The first-order valence-corrected chi connectivity index (χ1v) is 17.3. The predicted molar refractivity (Wildman–Crippen MR) is 164 cm³/mol. The highest BCUT2D eigenvalue weighted by Gasteiger charge is 2.85. The van der Waals surface area contributed by atoms with Crippen molar-refractivity contribution in [1.29, 1.82) is 0 Å². The third-order valence-electron chi connectivity index (χ3n) is 14.9. The minimum atomic E-state index is -0.844. The Morgan fingerprint density at radius 1 is 1.00 bits per heavy atom. The number of carbonyl (C=O) groups is 2. The van der Waals surface area contributed by atoms with Crippen molar-refractivity contribution in [2.45, 2.75) is 130 Å². The zero-order chi connectivity index (χ0) is 31.4. The molecule has 8 heteroatoms. The number of carboxylic acids is 1. The highest BCUT2D eigenvalue weighted by atomic mass is 16.6. The molecule has 2 spiro atoms. The molecule has 5 aliphatic carbocycles. The Balaban J connectivity index is 1.19. The van der Waals surface area contributed by atoms with E-state index < -0.39 is 23.2 Å². The number of nitrogens with zero attached hydrogens (tertiary/aromatic N) is 1. The maximum atomic E-state index is 13.0. The number of aliphatic carboxylic acids is 1. The zero-order valence-electron chi connectivity index (χ0n) is 27.7. The third kappa shape index (κ3) is 4.38. The highest BCUT2D eigenvalue weighted by Crippen LogP contribution is 2.89. The molecule has 8 nitrogen and oxygen atoms in total. The topological polar surface area (TPSA) is 119 Å². The van der Waals surface area contributed by atoms with Crippen LogP contribution in [0.5, 0.6) is 0 Å². The van der Waals surface area contributed by atoms with Gasteiger partial charge in [-0.15, -0.1) is 0 Å². The van der Waals surface area contributed by atoms with Gasteiger partial charge in [0.25, 0.3) is 0 Å². The molecule has 0 aromatic carbocycles. The van der Waals surface area contributed by atoms with Gasteiger partial charge in [-0.1, -0.05) is 40.5 Å². The van der Waals surface area contributed by atoms with Crippen molar-refractivity contribution in [3.63, 3.8) is 0 Å². The van der Waals surface area contributed by atoms with Gasteiger partial charge in [0, 0.05) is 24.4 Å². The van der Waals surface area contributed by atoms with E-state index in [1.807, 2.05) is 20.9 Å². The van der Waals surface area contributed by atoms with Crippen molar-refractivity contribution in [2.24, 2.45) is 57.2 Å². The molecule has 1 amide bonds. The summed E-state index contributed by atoms with van der Waals surface area (Å²) >= 11 is 0. The minimum absolute atomic E-state index is 0.103. The Hall–Kier alpha value is -1.38. The molecule has 0 bridgehead atoms. The number of aliphatic hydroxyl groups is 2. The number of hydrogen-bond donors (Lipinski definition) is 4. The molecule has 4 N–H and O–H groups in total. The summed E-state index contributed by atoms with van der Waals surface area (Å²) in [5.41, 5.74) is -0.939. The van der Waals surface area contributed by atoms with E-state index in [1.165, 1.54) is 12.8 Å². The van der Waals surface area contributed by atoms with Crippen molar-refractivity contribution < 1.29 is 29.6 Å². The number of carbonyl (C=O) groups excluding carboxylic acids is 1. The van der Waals surface area contributed by atoms with Gasteiger partial charge in [-0.2, -0.15) is 0 Å². The van der Waals surface area contributed by atoms with E-state index in [9.17, 15) is 24.9 Å². The molecule has 43 heavy (non-hydrogen) atoms. The molecule has 6 fully saturated rings. The van der Waals surface area contributed by atoms with Crippen LogP contribution in [0, 0.1) is 57.2 Å². The van der Waals surface area contributed by atoms with Crippen LogP contribution in [0.15, 0.2) is 0 Å². The lowest BCUT2D eigenvalue weighted by Gasteiger charge is -2.59. The van der Waals surface area contributed by atoms with Gasteiger partial charge in [0.1, 0.15) is 11.8 Å². The summed E-state index contributed by atoms with van der Waals surface area (Å²) in [6.45, 7) is 13.9. The summed E-state index contributed by atoms with van der Waals surface area (Å²) in [6, 6.07) is 0. The van der Waals surface area contributed by atoms with Gasteiger partial charge in [-0.25, -0.2) is 4.79 Å². The van der Waals surface area contributed by atoms with Gasteiger partial charge in [-0.05, 0) is 119 Å². The van der Waals surface area contributed by atoms with Crippen molar-refractivity contribution in [3.05, 3.63) is 0 Å². The molecule has 1 aliphatic heterocycles. The van der Waals surface area contributed by atoms with Crippen LogP contribution >= 0.6 is 0 Å². The highest BCUT2D eigenvalue weighted by molar-refractivity contribution is 5.76. The fourth-order valence-electron chi connectivity index (χ4n) is 12.7. The Kier molecular flexibility index (Phi) is 7.39. The van der Waals surface area contributed by atoms with Crippen LogP contribution in [0.2, 0.25) is 0 Å². The molecule has 1 saturated heterocycles. The lowest BCUT2D eigenvalue weighted by Crippen LogP contribution is -2.57. The predicted octanol–water partition coefficient (Wildman–Crippen LogP) is 5.65. The maximum Gasteiger partial charge on any atom is 0.410 e. The standard InChI is InChI=1S/C35H58N2O6/c1-21-33-17-16-32(6)24(18-35(42,36-7)26(32)10-8-9-14-30(2,3)41)23(33)11-12-25-31(4,5)27(13-15-34(21,25)33)43-29(40)37-19-22(20-37)28(38)39/h21-27,36,41-42H,8-20H2,1-7H3,(H,38,39). The Bertz CT molecular complexity index is 1130. The number of carboxylic acid groups (broad SMARTS) is 1. The van der Waals surface area contributed by atoms with Gasteiger partial charge >= 0.3 is 12.1 Å². The van der Waals surface area contributed by atoms with Gasteiger partial charge in [0.05, 0.1) is 11.5 Å². The van der Waals surface area contributed by atoms with Gasteiger partial charge in [0.15, 0.2) is 0 Å². The largest absolute Gasteiger partial charge is 0.481 e. The van der Waals surface area contributed by atoms with Crippen LogP contribution in [-0.4, -0.2) is 69.8 Å². The number of unbranched alkanes of at least 4 members (excludes halogenated alkanes) is 1. The first-order chi connectivity index (χ1) is 20.0. The molecule has 0 aromatic rings. The van der Waals surface area contributed by atoms with E-state index in [1.54, 1.807) is 4.90 Å². The second-order valence-electron chi connectivity index (χ2n) is 17.3. The number of ether oxygens (including phenoxy) is 1. The monoisotopic (exact) mass is 602 g/mol. The molecule has 10 atom stereocenters.